The average molecular weight is 394 g/mol. The molecule has 0 fully saturated rings. The first-order valence-corrected chi connectivity index (χ1v) is 7.02. The van der Waals surface area contributed by atoms with E-state index in [0.717, 1.165) is 5.56 Å². The van der Waals surface area contributed by atoms with Gasteiger partial charge in [-0.2, -0.15) is 0 Å². The van der Waals surface area contributed by atoms with Crippen molar-refractivity contribution in [3.63, 3.8) is 0 Å². The second-order valence-corrected chi connectivity index (χ2v) is 5.84. The molecule has 1 nitrogen and oxygen atoms in total. The van der Waals surface area contributed by atoms with Gasteiger partial charge in [-0.1, -0.05) is 17.7 Å². The van der Waals surface area contributed by atoms with Gasteiger partial charge < -0.3 is 5.73 Å². The van der Waals surface area contributed by atoms with Gasteiger partial charge in [-0.05, 0) is 70.5 Å². The molecule has 1 unspecified atom stereocenters. The second-order valence-electron chi connectivity index (χ2n) is 4.27. The maximum atomic E-state index is 13.4. The van der Waals surface area contributed by atoms with Crippen LogP contribution in [0.4, 0.5) is 8.78 Å². The summed E-state index contributed by atoms with van der Waals surface area (Å²) in [5, 5.41) is 0.274. The molecule has 2 aromatic carbocycles. The number of hydrogen-bond acceptors (Lipinski definition) is 1. The van der Waals surface area contributed by atoms with Crippen LogP contribution in [0.2, 0.25) is 5.02 Å². The van der Waals surface area contributed by atoms with Crippen LogP contribution >= 0.6 is 34.2 Å². The molecule has 0 saturated heterocycles. The van der Waals surface area contributed by atoms with Crippen molar-refractivity contribution in [1.29, 1.82) is 0 Å². The van der Waals surface area contributed by atoms with Crippen molar-refractivity contribution < 1.29 is 8.78 Å². The smallest absolute Gasteiger partial charge is 0.127 e. The van der Waals surface area contributed by atoms with E-state index < -0.39 is 6.04 Å². The van der Waals surface area contributed by atoms with Crippen LogP contribution in [0, 0.1) is 22.1 Å². The predicted molar refractivity (Wildman–Crippen MR) is 81.3 cm³/mol. The highest BCUT2D eigenvalue weighted by Crippen LogP contribution is 2.31. The van der Waals surface area contributed by atoms with E-state index in [2.05, 4.69) is 0 Å². The number of halogens is 4. The van der Waals surface area contributed by atoms with Gasteiger partial charge >= 0.3 is 0 Å². The molecule has 0 aliphatic rings. The molecule has 0 heterocycles. The second kappa shape index (κ2) is 5.73. The summed E-state index contributed by atoms with van der Waals surface area (Å²) in [5.41, 5.74) is 8.02. The molecule has 0 bridgehead atoms. The third kappa shape index (κ3) is 3.07. The van der Waals surface area contributed by atoms with Crippen molar-refractivity contribution in [2.75, 3.05) is 0 Å². The molecule has 0 saturated carbocycles. The number of rotatable bonds is 2. The molecule has 2 aromatic rings. The molecule has 0 aliphatic carbocycles. The number of benzene rings is 2. The van der Waals surface area contributed by atoms with E-state index >= 15 is 0 Å². The van der Waals surface area contributed by atoms with E-state index in [-0.39, 0.29) is 16.7 Å². The zero-order valence-electron chi connectivity index (χ0n) is 10.1. The summed E-state index contributed by atoms with van der Waals surface area (Å²) in [4.78, 5) is 0. The van der Waals surface area contributed by atoms with Crippen molar-refractivity contribution in [3.8, 4) is 0 Å². The van der Waals surface area contributed by atoms with Crippen molar-refractivity contribution in [1.82, 2.24) is 0 Å². The van der Waals surface area contributed by atoms with Gasteiger partial charge in [0, 0.05) is 8.59 Å². The molecule has 19 heavy (non-hydrogen) atoms. The fourth-order valence-electron chi connectivity index (χ4n) is 1.84. The summed E-state index contributed by atoms with van der Waals surface area (Å²) in [5.74, 6) is -0.684. The molecule has 1 atom stereocenters. The Kier molecular flexibility index (Phi) is 4.43. The molecular weight excluding hydrogens is 383 g/mol. The van der Waals surface area contributed by atoms with E-state index in [4.69, 9.17) is 17.3 Å². The molecule has 0 aromatic heterocycles. The molecular formula is C14H11ClF2IN. The molecule has 2 N–H and O–H groups in total. The van der Waals surface area contributed by atoms with Crippen LogP contribution in [-0.2, 0) is 0 Å². The van der Waals surface area contributed by atoms with Crippen LogP contribution < -0.4 is 5.73 Å². The SMILES string of the molecule is Cc1cc(C(N)c2ccc(F)cc2I)c(Cl)cc1F. The Morgan fingerprint density at radius 1 is 1.16 bits per heavy atom. The monoisotopic (exact) mass is 393 g/mol. The minimum absolute atomic E-state index is 0.274. The van der Waals surface area contributed by atoms with E-state index in [1.54, 1.807) is 19.1 Å². The first-order valence-electron chi connectivity index (χ1n) is 5.56. The van der Waals surface area contributed by atoms with Gasteiger partial charge in [0.15, 0.2) is 0 Å². The Morgan fingerprint density at radius 3 is 2.47 bits per heavy atom. The van der Waals surface area contributed by atoms with Crippen LogP contribution in [0.1, 0.15) is 22.7 Å². The maximum absolute atomic E-state index is 13.4. The van der Waals surface area contributed by atoms with E-state index in [1.165, 1.54) is 18.2 Å². The summed E-state index contributed by atoms with van der Waals surface area (Å²) in [6, 6.07) is 6.74. The number of nitrogens with two attached hydrogens (primary N) is 1. The lowest BCUT2D eigenvalue weighted by atomic mass is 9.98. The standard InChI is InChI=1S/C14H11ClF2IN/c1-7-4-10(11(15)6-12(7)17)14(19)9-3-2-8(16)5-13(9)18/h2-6,14H,19H2,1H3. The van der Waals surface area contributed by atoms with Gasteiger partial charge in [0.2, 0.25) is 0 Å². The van der Waals surface area contributed by atoms with Crippen LogP contribution in [0.3, 0.4) is 0 Å². The summed E-state index contributed by atoms with van der Waals surface area (Å²) in [7, 11) is 0. The summed E-state index contributed by atoms with van der Waals surface area (Å²) >= 11 is 8.05. The Morgan fingerprint density at radius 2 is 1.84 bits per heavy atom. The topological polar surface area (TPSA) is 26.0 Å². The quantitative estimate of drug-likeness (QED) is 0.743. The van der Waals surface area contributed by atoms with E-state index in [1.807, 2.05) is 22.6 Å². The van der Waals surface area contributed by atoms with Gasteiger partial charge in [0.25, 0.3) is 0 Å². The minimum atomic E-state index is -0.515. The van der Waals surface area contributed by atoms with Gasteiger partial charge in [-0.25, -0.2) is 8.78 Å². The lowest BCUT2D eigenvalue weighted by Crippen LogP contribution is -2.14. The lowest BCUT2D eigenvalue weighted by molar-refractivity contribution is 0.616. The van der Waals surface area contributed by atoms with Crippen LogP contribution in [-0.4, -0.2) is 0 Å². The van der Waals surface area contributed by atoms with Crippen LogP contribution in [0.15, 0.2) is 30.3 Å². The molecule has 0 radical (unpaired) electrons. The molecule has 0 amide bonds. The molecule has 2 rings (SSSR count). The van der Waals surface area contributed by atoms with Crippen molar-refractivity contribution in [2.24, 2.45) is 5.73 Å². The highest BCUT2D eigenvalue weighted by molar-refractivity contribution is 14.1. The first kappa shape index (κ1) is 14.7. The zero-order valence-corrected chi connectivity index (χ0v) is 13.0. The minimum Gasteiger partial charge on any atom is -0.320 e. The van der Waals surface area contributed by atoms with E-state index in [9.17, 15) is 8.78 Å². The van der Waals surface area contributed by atoms with Gasteiger partial charge in [0.05, 0.1) is 6.04 Å². The third-order valence-electron chi connectivity index (χ3n) is 2.91. The highest BCUT2D eigenvalue weighted by atomic mass is 127. The van der Waals surface area contributed by atoms with Crippen molar-refractivity contribution in [3.05, 3.63) is 67.2 Å². The maximum Gasteiger partial charge on any atom is 0.127 e. The van der Waals surface area contributed by atoms with Gasteiger partial charge in [-0.15, -0.1) is 0 Å². The Balaban J connectivity index is 2.49. The summed E-state index contributed by atoms with van der Waals surface area (Å²) in [6.45, 7) is 1.65. The first-order chi connectivity index (χ1) is 8.90. The van der Waals surface area contributed by atoms with Crippen LogP contribution in [0.25, 0.3) is 0 Å². The highest BCUT2D eigenvalue weighted by Gasteiger charge is 2.17. The van der Waals surface area contributed by atoms with Crippen molar-refractivity contribution in [2.45, 2.75) is 13.0 Å². The average Bonchev–Trinajstić information content (AvgIpc) is 2.33. The van der Waals surface area contributed by atoms with Gasteiger partial charge in [0.1, 0.15) is 11.6 Å². The fourth-order valence-corrected chi connectivity index (χ4v) is 2.92. The predicted octanol–water partition coefficient (Wildman–Crippen LogP) is 4.58. The zero-order chi connectivity index (χ0) is 14.2. The largest absolute Gasteiger partial charge is 0.320 e. The lowest BCUT2D eigenvalue weighted by Gasteiger charge is -2.17. The Labute approximate surface area is 128 Å². The number of aryl methyl sites for hydroxylation is 1. The normalized spacial score (nSPS) is 12.5. The summed E-state index contributed by atoms with van der Waals surface area (Å²) in [6.07, 6.45) is 0. The van der Waals surface area contributed by atoms with E-state index in [0.29, 0.717) is 14.7 Å². The molecule has 100 valence electrons. The fraction of sp³-hybridized carbons (Fsp3) is 0.143. The van der Waals surface area contributed by atoms with Crippen LogP contribution in [0.5, 0.6) is 0 Å². The Bertz CT molecular complexity index is 631. The molecule has 0 spiro atoms. The van der Waals surface area contributed by atoms with Crippen molar-refractivity contribution >= 4 is 34.2 Å². The Hall–Kier alpha value is -0.720. The number of hydrogen-bond donors (Lipinski definition) is 1. The summed E-state index contributed by atoms with van der Waals surface area (Å²) < 4.78 is 27.2. The molecule has 5 heteroatoms. The third-order valence-corrected chi connectivity index (χ3v) is 4.17. The van der Waals surface area contributed by atoms with Gasteiger partial charge in [-0.3, -0.25) is 0 Å². The molecule has 0 aliphatic heterocycles.